The number of aliphatic hydroxyl groups is 1. The van der Waals surface area contributed by atoms with Crippen molar-refractivity contribution < 1.29 is 13.5 Å². The van der Waals surface area contributed by atoms with Crippen LogP contribution in [0.5, 0.6) is 0 Å². The van der Waals surface area contributed by atoms with Crippen molar-refractivity contribution in [1.29, 1.82) is 0 Å². The van der Waals surface area contributed by atoms with Crippen molar-refractivity contribution in [3.63, 3.8) is 0 Å². The van der Waals surface area contributed by atoms with Crippen molar-refractivity contribution in [1.82, 2.24) is 14.9 Å². The summed E-state index contributed by atoms with van der Waals surface area (Å²) in [5, 5.41) is 15.4. The van der Waals surface area contributed by atoms with E-state index in [2.05, 4.69) is 14.9 Å². The van der Waals surface area contributed by atoms with Crippen LogP contribution in [0.15, 0.2) is 35.4 Å². The molecule has 0 amide bonds. The van der Waals surface area contributed by atoms with E-state index in [1.165, 1.54) is 5.56 Å². The molecule has 2 aromatic rings. The van der Waals surface area contributed by atoms with Gasteiger partial charge in [-0.1, -0.05) is 30.3 Å². The fraction of sp³-hybridized carbons (Fsp3) is 0.357. The van der Waals surface area contributed by atoms with Gasteiger partial charge in [-0.25, -0.2) is 13.1 Å². The van der Waals surface area contributed by atoms with Gasteiger partial charge in [0, 0.05) is 17.8 Å². The zero-order valence-corrected chi connectivity index (χ0v) is 12.7. The van der Waals surface area contributed by atoms with E-state index in [9.17, 15) is 13.5 Å². The largest absolute Gasteiger partial charge is 0.392 e. The van der Waals surface area contributed by atoms with Crippen molar-refractivity contribution in [3.05, 3.63) is 47.2 Å². The number of aromatic nitrogens is 2. The third kappa shape index (κ3) is 3.90. The molecule has 21 heavy (non-hydrogen) atoms. The molecule has 2 rings (SSSR count). The van der Waals surface area contributed by atoms with Gasteiger partial charge in [-0.2, -0.15) is 5.10 Å². The molecule has 0 aliphatic carbocycles. The van der Waals surface area contributed by atoms with Gasteiger partial charge in [-0.3, -0.25) is 5.10 Å². The third-order valence-corrected chi connectivity index (χ3v) is 4.66. The van der Waals surface area contributed by atoms with Gasteiger partial charge in [0.2, 0.25) is 0 Å². The Morgan fingerprint density at radius 2 is 2.00 bits per heavy atom. The summed E-state index contributed by atoms with van der Waals surface area (Å²) in [6, 6.07) is 9.88. The molecule has 1 heterocycles. The first-order chi connectivity index (χ1) is 10.0. The van der Waals surface area contributed by atoms with Gasteiger partial charge in [-0.05, 0) is 25.3 Å². The molecule has 0 bridgehead atoms. The predicted octanol–water partition coefficient (Wildman–Crippen LogP) is 1.12. The first kappa shape index (κ1) is 15.7. The molecule has 0 saturated heterocycles. The topological polar surface area (TPSA) is 95.1 Å². The third-order valence-electron chi connectivity index (χ3n) is 3.23. The van der Waals surface area contributed by atoms with Crippen molar-refractivity contribution in [2.75, 3.05) is 6.54 Å². The Bertz CT molecular complexity index is 681. The van der Waals surface area contributed by atoms with Crippen molar-refractivity contribution in [2.24, 2.45) is 0 Å². The average Bonchev–Trinajstić information content (AvgIpc) is 2.86. The molecule has 0 radical (unpaired) electrons. The highest BCUT2D eigenvalue weighted by Gasteiger charge is 2.22. The minimum atomic E-state index is -3.69. The van der Waals surface area contributed by atoms with E-state index >= 15 is 0 Å². The van der Waals surface area contributed by atoms with Crippen LogP contribution in [0.2, 0.25) is 0 Å². The van der Waals surface area contributed by atoms with Crippen LogP contribution in [0.25, 0.3) is 0 Å². The van der Waals surface area contributed by atoms with Gasteiger partial charge >= 0.3 is 0 Å². The fourth-order valence-electron chi connectivity index (χ4n) is 2.05. The standard InChI is InChI=1S/C14H19N3O3S/c1-11-13(10-18)14(17-16-11)21(19,20)15-9-5-8-12-6-3-2-4-7-12/h2-4,6-7,15,18H,5,8-10H2,1H3,(H,16,17). The highest BCUT2D eigenvalue weighted by molar-refractivity contribution is 7.89. The maximum absolute atomic E-state index is 12.1. The molecule has 114 valence electrons. The number of rotatable bonds is 7. The van der Waals surface area contributed by atoms with Gasteiger partial charge in [0.15, 0.2) is 5.03 Å². The van der Waals surface area contributed by atoms with E-state index in [-0.39, 0.29) is 11.6 Å². The minimum Gasteiger partial charge on any atom is -0.392 e. The first-order valence-electron chi connectivity index (χ1n) is 6.73. The normalized spacial score (nSPS) is 11.7. The van der Waals surface area contributed by atoms with Crippen molar-refractivity contribution in [3.8, 4) is 0 Å². The lowest BCUT2D eigenvalue weighted by molar-refractivity contribution is 0.277. The van der Waals surface area contributed by atoms with Gasteiger partial charge in [0.1, 0.15) is 0 Å². The van der Waals surface area contributed by atoms with Crippen LogP contribution < -0.4 is 4.72 Å². The maximum atomic E-state index is 12.1. The molecule has 7 heteroatoms. The van der Waals surface area contributed by atoms with Crippen molar-refractivity contribution >= 4 is 10.0 Å². The quantitative estimate of drug-likeness (QED) is 0.668. The maximum Gasteiger partial charge on any atom is 0.260 e. The Kier molecular flexibility index (Phi) is 5.11. The lowest BCUT2D eigenvalue weighted by Gasteiger charge is -2.06. The highest BCUT2D eigenvalue weighted by Crippen LogP contribution is 2.15. The second-order valence-electron chi connectivity index (χ2n) is 4.78. The summed E-state index contributed by atoms with van der Waals surface area (Å²) in [6.45, 7) is 1.64. The molecule has 6 nitrogen and oxygen atoms in total. The van der Waals surface area contributed by atoms with E-state index < -0.39 is 10.0 Å². The molecule has 3 N–H and O–H groups in total. The zero-order chi connectivity index (χ0) is 15.3. The monoisotopic (exact) mass is 309 g/mol. The van der Waals surface area contributed by atoms with E-state index in [4.69, 9.17) is 0 Å². The summed E-state index contributed by atoms with van der Waals surface area (Å²) in [6.07, 6.45) is 1.50. The van der Waals surface area contributed by atoms with Gasteiger partial charge in [0.05, 0.1) is 6.61 Å². The minimum absolute atomic E-state index is 0.123. The first-order valence-corrected chi connectivity index (χ1v) is 8.21. The summed E-state index contributed by atoms with van der Waals surface area (Å²) in [5.41, 5.74) is 2.04. The summed E-state index contributed by atoms with van der Waals surface area (Å²) >= 11 is 0. The van der Waals surface area contributed by atoms with Gasteiger partial charge in [0.25, 0.3) is 10.0 Å². The molecule has 0 fully saturated rings. The predicted molar refractivity (Wildman–Crippen MR) is 79.2 cm³/mol. The lowest BCUT2D eigenvalue weighted by Crippen LogP contribution is -2.26. The van der Waals surface area contributed by atoms with Crippen LogP contribution in [-0.2, 0) is 23.1 Å². The SMILES string of the molecule is Cc1[nH]nc(S(=O)(=O)NCCCc2ccccc2)c1CO. The number of hydrogen-bond acceptors (Lipinski definition) is 4. The molecule has 0 spiro atoms. The molecule has 1 aromatic carbocycles. The van der Waals surface area contributed by atoms with Gasteiger partial charge < -0.3 is 5.11 Å². The number of hydrogen-bond donors (Lipinski definition) is 3. The molecule has 0 atom stereocenters. The van der Waals surface area contributed by atoms with Crippen LogP contribution >= 0.6 is 0 Å². The van der Waals surface area contributed by atoms with E-state index in [1.54, 1.807) is 6.92 Å². The Hall–Kier alpha value is -1.70. The molecule has 0 unspecified atom stereocenters. The second kappa shape index (κ2) is 6.84. The smallest absolute Gasteiger partial charge is 0.260 e. The number of benzene rings is 1. The van der Waals surface area contributed by atoms with E-state index in [0.717, 1.165) is 6.42 Å². The lowest BCUT2D eigenvalue weighted by atomic mass is 10.1. The number of nitrogens with zero attached hydrogens (tertiary/aromatic N) is 1. The zero-order valence-electron chi connectivity index (χ0n) is 11.8. The number of aryl methyl sites for hydroxylation is 2. The Morgan fingerprint density at radius 3 is 2.67 bits per heavy atom. The van der Waals surface area contributed by atoms with Gasteiger partial charge in [-0.15, -0.1) is 0 Å². The number of aliphatic hydroxyl groups excluding tert-OH is 1. The van der Waals surface area contributed by atoms with Crippen LogP contribution in [0.1, 0.15) is 23.2 Å². The number of H-pyrrole nitrogens is 1. The van der Waals surface area contributed by atoms with E-state index in [1.807, 2.05) is 30.3 Å². The Balaban J connectivity index is 1.92. The molecule has 0 saturated carbocycles. The molecular formula is C14H19N3O3S. The van der Waals surface area contributed by atoms with Crippen LogP contribution in [0.4, 0.5) is 0 Å². The van der Waals surface area contributed by atoms with Crippen LogP contribution in [-0.4, -0.2) is 30.3 Å². The molecular weight excluding hydrogens is 290 g/mol. The van der Waals surface area contributed by atoms with E-state index in [0.29, 0.717) is 24.2 Å². The number of nitrogens with one attached hydrogen (secondary N) is 2. The fourth-order valence-corrected chi connectivity index (χ4v) is 3.31. The Morgan fingerprint density at radius 1 is 1.29 bits per heavy atom. The highest BCUT2D eigenvalue weighted by atomic mass is 32.2. The molecule has 0 aliphatic rings. The second-order valence-corrected chi connectivity index (χ2v) is 6.46. The summed E-state index contributed by atoms with van der Waals surface area (Å²) < 4.78 is 26.8. The summed E-state index contributed by atoms with van der Waals surface area (Å²) in [5.74, 6) is 0. The van der Waals surface area contributed by atoms with Crippen LogP contribution in [0, 0.1) is 6.92 Å². The van der Waals surface area contributed by atoms with Crippen molar-refractivity contribution in [2.45, 2.75) is 31.4 Å². The summed E-state index contributed by atoms with van der Waals surface area (Å²) in [4.78, 5) is 0. The molecule has 1 aromatic heterocycles. The molecule has 0 aliphatic heterocycles. The van der Waals surface area contributed by atoms with Crippen LogP contribution in [0.3, 0.4) is 0 Å². The number of sulfonamides is 1. The number of aromatic amines is 1. The Labute approximate surface area is 124 Å². The summed E-state index contributed by atoms with van der Waals surface area (Å²) in [7, 11) is -3.69. The average molecular weight is 309 g/mol.